The van der Waals surface area contributed by atoms with Gasteiger partial charge < -0.3 is 15.5 Å². The summed E-state index contributed by atoms with van der Waals surface area (Å²) < 4.78 is 29.0. The molecule has 0 saturated carbocycles. The Balaban J connectivity index is 0.00000300. The maximum atomic E-state index is 14.0. The fourth-order valence-electron chi connectivity index (χ4n) is 3.71. The van der Waals surface area contributed by atoms with E-state index in [9.17, 15) is 8.78 Å². The predicted molar refractivity (Wildman–Crippen MR) is 123 cm³/mol. The van der Waals surface area contributed by atoms with E-state index in [1.807, 2.05) is 23.6 Å². The Labute approximate surface area is 187 Å². The van der Waals surface area contributed by atoms with E-state index in [2.05, 4.69) is 27.6 Å². The van der Waals surface area contributed by atoms with E-state index in [4.69, 9.17) is 0 Å². The summed E-state index contributed by atoms with van der Waals surface area (Å²) >= 11 is 0. The number of halogens is 3. The molecule has 0 spiro atoms. The molecule has 1 atom stereocenters. The third-order valence-corrected chi connectivity index (χ3v) is 5.33. The largest absolute Gasteiger partial charge is 0.367 e. The van der Waals surface area contributed by atoms with Crippen LogP contribution < -0.4 is 15.5 Å². The fraction of sp³-hybridized carbons (Fsp3) is 0.500. The molecular formula is C20H29F2IN6. The van der Waals surface area contributed by atoms with Crippen molar-refractivity contribution >= 4 is 35.6 Å². The summed E-state index contributed by atoms with van der Waals surface area (Å²) in [5, 5.41) is 11.2. The number of nitrogens with zero attached hydrogens (tertiary/aromatic N) is 4. The normalized spacial score (nSPS) is 16.7. The van der Waals surface area contributed by atoms with E-state index in [1.165, 1.54) is 23.4 Å². The van der Waals surface area contributed by atoms with Gasteiger partial charge in [-0.2, -0.15) is 5.10 Å². The van der Waals surface area contributed by atoms with E-state index >= 15 is 0 Å². The van der Waals surface area contributed by atoms with Crippen LogP contribution in [0.1, 0.15) is 23.4 Å². The molecule has 2 aromatic rings. The Hall–Kier alpha value is -1.91. The zero-order valence-electron chi connectivity index (χ0n) is 17.3. The van der Waals surface area contributed by atoms with Crippen LogP contribution in [-0.2, 0) is 13.5 Å². The van der Waals surface area contributed by atoms with Crippen molar-refractivity contribution in [3.63, 3.8) is 0 Å². The molecule has 1 fully saturated rings. The minimum atomic E-state index is -0.557. The summed E-state index contributed by atoms with van der Waals surface area (Å²) in [6.45, 7) is 6.20. The minimum absolute atomic E-state index is 0. The average Bonchev–Trinajstić information content (AvgIpc) is 3.20. The molecule has 1 aromatic heterocycles. The van der Waals surface area contributed by atoms with Crippen LogP contribution >= 0.6 is 24.0 Å². The lowest BCUT2D eigenvalue weighted by Gasteiger charge is -2.21. The smallest absolute Gasteiger partial charge is 0.191 e. The summed E-state index contributed by atoms with van der Waals surface area (Å²) in [5.41, 5.74) is 3.92. The third kappa shape index (κ3) is 5.58. The number of guanidine groups is 1. The molecule has 0 amide bonds. The molecule has 1 aliphatic heterocycles. The van der Waals surface area contributed by atoms with Crippen LogP contribution in [0.15, 0.2) is 23.2 Å². The van der Waals surface area contributed by atoms with Gasteiger partial charge in [0.1, 0.15) is 11.6 Å². The van der Waals surface area contributed by atoms with Crippen LogP contribution in [0.5, 0.6) is 0 Å². The molecule has 6 nitrogen and oxygen atoms in total. The van der Waals surface area contributed by atoms with Crippen LogP contribution in [0.3, 0.4) is 0 Å². The lowest BCUT2D eigenvalue weighted by atomic mass is 10.1. The second-order valence-electron chi connectivity index (χ2n) is 7.19. The minimum Gasteiger partial charge on any atom is -0.367 e. The van der Waals surface area contributed by atoms with Crippen LogP contribution in [0.25, 0.3) is 0 Å². The van der Waals surface area contributed by atoms with Gasteiger partial charge in [0.05, 0.1) is 11.4 Å². The van der Waals surface area contributed by atoms with Crippen molar-refractivity contribution in [1.82, 2.24) is 20.4 Å². The molecule has 160 valence electrons. The fourth-order valence-corrected chi connectivity index (χ4v) is 3.71. The van der Waals surface area contributed by atoms with Gasteiger partial charge in [0, 0.05) is 51.5 Å². The quantitative estimate of drug-likeness (QED) is 0.363. The molecule has 1 unspecified atom stereocenters. The monoisotopic (exact) mass is 518 g/mol. The number of nitrogens with one attached hydrogen (secondary N) is 2. The molecule has 3 rings (SSSR count). The van der Waals surface area contributed by atoms with Gasteiger partial charge in [-0.25, -0.2) is 8.78 Å². The van der Waals surface area contributed by atoms with Gasteiger partial charge >= 0.3 is 0 Å². The van der Waals surface area contributed by atoms with Crippen molar-refractivity contribution < 1.29 is 8.78 Å². The van der Waals surface area contributed by atoms with Gasteiger partial charge in [0.25, 0.3) is 0 Å². The van der Waals surface area contributed by atoms with E-state index in [1.54, 1.807) is 7.05 Å². The number of aromatic nitrogens is 2. The van der Waals surface area contributed by atoms with Crippen molar-refractivity contribution in [2.45, 2.75) is 32.7 Å². The molecular weight excluding hydrogens is 489 g/mol. The first-order valence-electron chi connectivity index (χ1n) is 9.55. The molecule has 1 aliphatic rings. The number of anilines is 1. The third-order valence-electron chi connectivity index (χ3n) is 5.33. The summed E-state index contributed by atoms with van der Waals surface area (Å²) in [7, 11) is 3.69. The van der Waals surface area contributed by atoms with Crippen LogP contribution in [0, 0.1) is 25.5 Å². The maximum Gasteiger partial charge on any atom is 0.191 e. The lowest BCUT2D eigenvalue weighted by Crippen LogP contribution is -2.45. The lowest BCUT2D eigenvalue weighted by molar-refractivity contribution is 0.580. The molecule has 2 heterocycles. The first-order chi connectivity index (χ1) is 13.4. The predicted octanol–water partition coefficient (Wildman–Crippen LogP) is 2.92. The Morgan fingerprint density at radius 1 is 1.31 bits per heavy atom. The maximum absolute atomic E-state index is 14.0. The van der Waals surface area contributed by atoms with Crippen LogP contribution in [0.2, 0.25) is 0 Å². The standard InChI is InChI=1S/C20H28F2N6.HI/c1-13-17(14(2)27(4)26-13)7-9-24-20(23-3)25-16-8-10-28(12-16)19-6-5-15(21)11-18(19)22;/h5-6,11,16H,7-10,12H2,1-4H3,(H2,23,24,25);1H. The number of aryl methyl sites for hydroxylation is 2. The highest BCUT2D eigenvalue weighted by atomic mass is 127. The van der Waals surface area contributed by atoms with Gasteiger partial charge in [0.15, 0.2) is 5.96 Å². The number of benzene rings is 1. The number of rotatable bonds is 5. The topological polar surface area (TPSA) is 57.5 Å². The molecule has 2 N–H and O–H groups in total. The van der Waals surface area contributed by atoms with Crippen molar-refractivity contribution in [3.05, 3.63) is 46.8 Å². The van der Waals surface area contributed by atoms with Crippen molar-refractivity contribution in [2.75, 3.05) is 31.6 Å². The second kappa shape index (κ2) is 10.2. The molecule has 9 heteroatoms. The van der Waals surface area contributed by atoms with Crippen LogP contribution in [0.4, 0.5) is 14.5 Å². The average molecular weight is 518 g/mol. The van der Waals surface area contributed by atoms with Gasteiger partial charge in [-0.1, -0.05) is 0 Å². The molecule has 1 saturated heterocycles. The molecule has 1 aromatic carbocycles. The highest BCUT2D eigenvalue weighted by Gasteiger charge is 2.25. The SMILES string of the molecule is CN=C(NCCc1c(C)nn(C)c1C)NC1CCN(c2ccc(F)cc2F)C1.I. The van der Waals surface area contributed by atoms with Gasteiger partial charge in [-0.15, -0.1) is 24.0 Å². The van der Waals surface area contributed by atoms with Crippen molar-refractivity contribution in [2.24, 2.45) is 12.0 Å². The summed E-state index contributed by atoms with van der Waals surface area (Å²) in [6.07, 6.45) is 1.72. The van der Waals surface area contributed by atoms with E-state index in [-0.39, 0.29) is 30.0 Å². The van der Waals surface area contributed by atoms with E-state index < -0.39 is 11.6 Å². The summed E-state index contributed by atoms with van der Waals surface area (Å²) in [5.74, 6) is -0.352. The summed E-state index contributed by atoms with van der Waals surface area (Å²) in [6, 6.07) is 3.87. The van der Waals surface area contributed by atoms with Gasteiger partial charge in [-0.3, -0.25) is 9.67 Å². The Bertz CT molecular complexity index is 867. The summed E-state index contributed by atoms with van der Waals surface area (Å²) in [4.78, 5) is 6.22. The zero-order valence-corrected chi connectivity index (χ0v) is 19.6. The molecule has 0 bridgehead atoms. The highest BCUT2D eigenvalue weighted by molar-refractivity contribution is 14.0. The first kappa shape index (κ1) is 23.4. The Morgan fingerprint density at radius 3 is 2.69 bits per heavy atom. The van der Waals surface area contributed by atoms with E-state index in [0.717, 1.165) is 37.1 Å². The second-order valence-corrected chi connectivity index (χ2v) is 7.19. The number of hydrogen-bond donors (Lipinski definition) is 2. The van der Waals surface area contributed by atoms with Crippen molar-refractivity contribution in [3.8, 4) is 0 Å². The molecule has 0 radical (unpaired) electrons. The van der Waals surface area contributed by atoms with Gasteiger partial charge in [0.2, 0.25) is 0 Å². The zero-order chi connectivity index (χ0) is 20.3. The molecule has 29 heavy (non-hydrogen) atoms. The van der Waals surface area contributed by atoms with Crippen molar-refractivity contribution in [1.29, 1.82) is 0 Å². The Kier molecular flexibility index (Phi) is 8.23. The first-order valence-corrected chi connectivity index (χ1v) is 9.55. The van der Waals surface area contributed by atoms with Gasteiger partial charge in [-0.05, 0) is 44.4 Å². The molecule has 0 aliphatic carbocycles. The number of hydrogen-bond acceptors (Lipinski definition) is 3. The highest BCUT2D eigenvalue weighted by Crippen LogP contribution is 2.24. The van der Waals surface area contributed by atoms with Crippen LogP contribution in [-0.4, -0.2) is 48.5 Å². The Morgan fingerprint density at radius 2 is 2.07 bits per heavy atom. The van der Waals surface area contributed by atoms with E-state index in [0.29, 0.717) is 18.8 Å². The number of aliphatic imine (C=N–C) groups is 1.